The zero-order valence-electron chi connectivity index (χ0n) is 16.6. The molecule has 0 amide bonds. The van der Waals surface area contributed by atoms with Gasteiger partial charge in [0, 0.05) is 23.7 Å². The van der Waals surface area contributed by atoms with Crippen LogP contribution >= 0.6 is 11.3 Å². The van der Waals surface area contributed by atoms with Crippen LogP contribution in [0.4, 0.5) is 9.52 Å². The number of likely N-dealkylation sites (N-methyl/N-ethyl adjacent to an activating group) is 1. The van der Waals surface area contributed by atoms with Crippen molar-refractivity contribution < 1.29 is 17.5 Å². The summed E-state index contributed by atoms with van der Waals surface area (Å²) in [5.41, 5.74) is 0.786. The predicted octanol–water partition coefficient (Wildman–Crippen LogP) is 4.21. The highest BCUT2D eigenvalue weighted by Gasteiger charge is 2.34. The second-order valence-electron chi connectivity index (χ2n) is 8.01. The van der Waals surface area contributed by atoms with Crippen LogP contribution in [0.5, 0.6) is 5.75 Å². The van der Waals surface area contributed by atoms with Gasteiger partial charge in [0.2, 0.25) is 0 Å². The van der Waals surface area contributed by atoms with Crippen molar-refractivity contribution in [2.24, 2.45) is 0 Å². The summed E-state index contributed by atoms with van der Waals surface area (Å²) in [7, 11) is 0.0157. The van der Waals surface area contributed by atoms with Gasteiger partial charge in [-0.15, -0.1) is 11.3 Å². The fourth-order valence-corrected chi connectivity index (χ4v) is 5.87. The maximum Gasteiger partial charge on any atom is 0.266 e. The Balaban J connectivity index is 1.65. The summed E-state index contributed by atoms with van der Waals surface area (Å²) in [6.45, 7) is 0. The monoisotopic (exact) mass is 439 g/mol. The van der Waals surface area contributed by atoms with Crippen LogP contribution in [0.3, 0.4) is 0 Å². The molecule has 2 aliphatic rings. The average molecular weight is 440 g/mol. The zero-order chi connectivity index (χ0) is 20.6. The Morgan fingerprint density at radius 3 is 2.62 bits per heavy atom. The first-order chi connectivity index (χ1) is 13.8. The lowest BCUT2D eigenvalue weighted by molar-refractivity contribution is 0.0612. The molecule has 158 valence electrons. The van der Waals surface area contributed by atoms with Crippen LogP contribution in [0.1, 0.15) is 50.0 Å². The molecule has 2 saturated carbocycles. The molecule has 0 unspecified atom stereocenters. The molecule has 0 bridgehead atoms. The van der Waals surface area contributed by atoms with Crippen LogP contribution in [-0.2, 0) is 10.0 Å². The first kappa shape index (κ1) is 20.6. The Kier molecular flexibility index (Phi) is 5.81. The standard InChI is InChI=1S/C20H26FN3O3S2/c1-24(2)16-5-3-4-6-17(16)27-18-12-15(21)19(11-14(18)13-7-8-13)29(25,26)23-20-22-9-10-28-20/h9-13,16-17H,3-8H2,1-2H3,(H,22,23)/t16-,17-/m0/s1. The van der Waals surface area contributed by atoms with Crippen molar-refractivity contribution in [3.63, 3.8) is 0 Å². The summed E-state index contributed by atoms with van der Waals surface area (Å²) >= 11 is 1.15. The van der Waals surface area contributed by atoms with Gasteiger partial charge in [0.25, 0.3) is 10.0 Å². The fraction of sp³-hybridized carbons (Fsp3) is 0.550. The summed E-state index contributed by atoms with van der Waals surface area (Å²) in [4.78, 5) is 5.73. The third-order valence-corrected chi connectivity index (χ3v) is 7.81. The van der Waals surface area contributed by atoms with Crippen LogP contribution in [0.25, 0.3) is 0 Å². The van der Waals surface area contributed by atoms with E-state index in [4.69, 9.17) is 4.74 Å². The molecule has 0 radical (unpaired) electrons. The van der Waals surface area contributed by atoms with Gasteiger partial charge in [-0.05, 0) is 63.7 Å². The predicted molar refractivity (Wildman–Crippen MR) is 112 cm³/mol. The van der Waals surface area contributed by atoms with Gasteiger partial charge in [-0.3, -0.25) is 4.72 Å². The lowest BCUT2D eigenvalue weighted by Crippen LogP contribution is -2.44. The van der Waals surface area contributed by atoms with E-state index in [1.165, 1.54) is 18.3 Å². The van der Waals surface area contributed by atoms with Gasteiger partial charge in [-0.1, -0.05) is 6.42 Å². The Morgan fingerprint density at radius 1 is 1.21 bits per heavy atom. The largest absolute Gasteiger partial charge is 0.488 e. The molecular formula is C20H26FN3O3S2. The number of thiazole rings is 1. The number of halogens is 1. The van der Waals surface area contributed by atoms with E-state index in [1.54, 1.807) is 5.38 Å². The minimum atomic E-state index is -4.06. The Bertz CT molecular complexity index is 960. The van der Waals surface area contributed by atoms with Crippen LogP contribution in [-0.4, -0.2) is 44.5 Å². The van der Waals surface area contributed by atoms with Crippen molar-refractivity contribution in [2.45, 2.75) is 61.5 Å². The third kappa shape index (κ3) is 4.57. The minimum absolute atomic E-state index is 0.0217. The maximum absolute atomic E-state index is 14.9. The first-order valence-corrected chi connectivity index (χ1v) is 12.3. The number of hydrogen-bond donors (Lipinski definition) is 1. The SMILES string of the molecule is CN(C)[C@H]1CCCC[C@@H]1Oc1cc(F)c(S(=O)(=O)Nc2nccs2)cc1C1CC1. The Morgan fingerprint density at radius 2 is 1.97 bits per heavy atom. The number of ether oxygens (including phenoxy) is 1. The number of rotatable bonds is 7. The summed E-state index contributed by atoms with van der Waals surface area (Å²) < 4.78 is 49.0. The topological polar surface area (TPSA) is 71.5 Å². The highest BCUT2D eigenvalue weighted by molar-refractivity contribution is 7.93. The molecule has 0 aliphatic heterocycles. The van der Waals surface area contributed by atoms with E-state index in [0.717, 1.165) is 55.4 Å². The second-order valence-corrected chi connectivity index (χ2v) is 10.6. The minimum Gasteiger partial charge on any atom is -0.488 e. The molecule has 2 fully saturated rings. The Labute approximate surface area is 175 Å². The average Bonchev–Trinajstić information content (AvgIpc) is 3.38. The molecule has 6 nitrogen and oxygen atoms in total. The smallest absolute Gasteiger partial charge is 0.266 e. The second kappa shape index (κ2) is 8.20. The van der Waals surface area contributed by atoms with Crippen LogP contribution in [0.2, 0.25) is 0 Å². The molecule has 1 aromatic heterocycles. The first-order valence-electron chi connectivity index (χ1n) is 9.94. The highest BCUT2D eigenvalue weighted by atomic mass is 32.2. The van der Waals surface area contributed by atoms with Crippen LogP contribution < -0.4 is 9.46 Å². The van der Waals surface area contributed by atoms with Crippen molar-refractivity contribution in [2.75, 3.05) is 18.8 Å². The van der Waals surface area contributed by atoms with Crippen molar-refractivity contribution in [1.82, 2.24) is 9.88 Å². The lowest BCUT2D eigenvalue weighted by Gasteiger charge is -2.36. The van der Waals surface area contributed by atoms with Gasteiger partial charge in [0.1, 0.15) is 22.6 Å². The molecular weight excluding hydrogens is 413 g/mol. The number of aromatic nitrogens is 1. The summed E-state index contributed by atoms with van der Waals surface area (Å²) in [6.07, 6.45) is 7.60. The Hall–Kier alpha value is -1.71. The van der Waals surface area contributed by atoms with E-state index in [0.29, 0.717) is 5.75 Å². The fourth-order valence-electron chi connectivity index (χ4n) is 3.98. The van der Waals surface area contributed by atoms with Gasteiger partial charge < -0.3 is 9.64 Å². The number of hydrogen-bond acceptors (Lipinski definition) is 6. The summed E-state index contributed by atoms with van der Waals surface area (Å²) in [6, 6.07) is 2.98. The molecule has 0 spiro atoms. The molecule has 4 rings (SSSR count). The van der Waals surface area contributed by atoms with E-state index in [-0.39, 0.29) is 28.1 Å². The highest BCUT2D eigenvalue weighted by Crippen LogP contribution is 2.46. The molecule has 0 saturated heterocycles. The van der Waals surface area contributed by atoms with E-state index in [2.05, 4.69) is 14.6 Å². The van der Waals surface area contributed by atoms with E-state index in [1.807, 2.05) is 14.1 Å². The quantitative estimate of drug-likeness (QED) is 0.700. The van der Waals surface area contributed by atoms with Gasteiger partial charge in [-0.2, -0.15) is 0 Å². The number of nitrogens with zero attached hydrogens (tertiary/aromatic N) is 2. The van der Waals surface area contributed by atoms with Gasteiger partial charge >= 0.3 is 0 Å². The summed E-state index contributed by atoms with van der Waals surface area (Å²) in [5.74, 6) is -0.0940. The van der Waals surface area contributed by atoms with Crippen LogP contribution in [0, 0.1) is 5.82 Å². The van der Waals surface area contributed by atoms with Crippen molar-refractivity contribution in [1.29, 1.82) is 0 Å². The molecule has 1 N–H and O–H groups in total. The lowest BCUT2D eigenvalue weighted by atomic mass is 9.91. The third-order valence-electron chi connectivity index (χ3n) is 5.63. The maximum atomic E-state index is 14.9. The van der Waals surface area contributed by atoms with Gasteiger partial charge in [-0.25, -0.2) is 17.8 Å². The van der Waals surface area contributed by atoms with Gasteiger partial charge in [0.05, 0.1) is 0 Å². The van der Waals surface area contributed by atoms with Crippen molar-refractivity contribution >= 4 is 26.5 Å². The van der Waals surface area contributed by atoms with Gasteiger partial charge in [0.15, 0.2) is 5.13 Å². The van der Waals surface area contributed by atoms with E-state index < -0.39 is 15.8 Å². The van der Waals surface area contributed by atoms with Crippen molar-refractivity contribution in [3.8, 4) is 5.75 Å². The number of nitrogens with one attached hydrogen (secondary N) is 1. The molecule has 1 aromatic carbocycles. The molecule has 1 heterocycles. The molecule has 2 aromatic rings. The van der Waals surface area contributed by atoms with E-state index in [9.17, 15) is 12.8 Å². The van der Waals surface area contributed by atoms with Crippen molar-refractivity contribution in [3.05, 3.63) is 35.1 Å². The van der Waals surface area contributed by atoms with E-state index >= 15 is 0 Å². The number of anilines is 1. The molecule has 2 aliphatic carbocycles. The number of sulfonamides is 1. The molecule has 9 heteroatoms. The molecule has 29 heavy (non-hydrogen) atoms. The van der Waals surface area contributed by atoms with Crippen LogP contribution in [0.15, 0.2) is 28.6 Å². The summed E-state index contributed by atoms with van der Waals surface area (Å²) in [5, 5.41) is 1.88. The zero-order valence-corrected chi connectivity index (χ0v) is 18.2. The number of benzene rings is 1. The normalized spacial score (nSPS) is 22.6. The molecule has 2 atom stereocenters.